The van der Waals surface area contributed by atoms with Gasteiger partial charge in [0.05, 0.1) is 5.69 Å². The largest absolute Gasteiger partial charge is 0.458 e. The smallest absolute Gasteiger partial charge is 0.271 e. The van der Waals surface area contributed by atoms with E-state index >= 15 is 0 Å². The molecule has 0 spiro atoms. The van der Waals surface area contributed by atoms with Gasteiger partial charge in [-0.15, -0.1) is 11.3 Å². The average Bonchev–Trinajstić information content (AvgIpc) is 3.65. The van der Waals surface area contributed by atoms with Crippen LogP contribution >= 0.6 is 11.3 Å². The van der Waals surface area contributed by atoms with Gasteiger partial charge < -0.3 is 4.74 Å². The summed E-state index contributed by atoms with van der Waals surface area (Å²) in [6.07, 6.45) is 2.30. The van der Waals surface area contributed by atoms with Crippen molar-refractivity contribution in [3.63, 3.8) is 0 Å². The number of thiophene rings is 1. The van der Waals surface area contributed by atoms with E-state index in [1.165, 1.54) is 64.6 Å². The maximum absolute atomic E-state index is 7.29. The SMILES string of the molecule is CC(C)(C)c1ccc(N2c3nc(N(c4ccc5c(c4)C(C)(C)CCC5(C)C)c4ccc5ccccc5c4)cc4c3B(c3cc(C(C)(C)C)ccc3O4)c3sc4ccc(C(C)(C)C)cc4c32)cc1. The van der Waals surface area contributed by atoms with Crippen molar-refractivity contribution in [1.29, 1.82) is 0 Å². The molecule has 67 heavy (non-hydrogen) atoms. The fourth-order valence-electron chi connectivity index (χ4n) is 10.9. The van der Waals surface area contributed by atoms with Crippen LogP contribution in [0.4, 0.5) is 34.4 Å². The molecule has 0 fully saturated rings. The predicted molar refractivity (Wildman–Crippen MR) is 289 cm³/mol. The summed E-state index contributed by atoms with van der Waals surface area (Å²) in [5.41, 5.74) is 13.6. The van der Waals surface area contributed by atoms with Gasteiger partial charge in [-0.25, -0.2) is 4.98 Å². The van der Waals surface area contributed by atoms with Crippen molar-refractivity contribution in [2.24, 2.45) is 0 Å². The summed E-state index contributed by atoms with van der Waals surface area (Å²) in [5.74, 6) is 3.48. The van der Waals surface area contributed by atoms with E-state index in [1.54, 1.807) is 0 Å². The van der Waals surface area contributed by atoms with Crippen molar-refractivity contribution in [2.75, 3.05) is 9.80 Å². The molecule has 0 bridgehead atoms. The van der Waals surface area contributed by atoms with Crippen molar-refractivity contribution in [1.82, 2.24) is 4.98 Å². The van der Waals surface area contributed by atoms with E-state index in [0.717, 1.165) is 58.5 Å². The van der Waals surface area contributed by atoms with Gasteiger partial charge >= 0.3 is 0 Å². The highest BCUT2D eigenvalue weighted by Gasteiger charge is 2.46. The summed E-state index contributed by atoms with van der Waals surface area (Å²) in [7, 11) is 0. The maximum atomic E-state index is 7.29. The Morgan fingerprint density at radius 3 is 1.91 bits per heavy atom. The maximum Gasteiger partial charge on any atom is 0.271 e. The zero-order chi connectivity index (χ0) is 47.2. The molecule has 0 amide bonds. The minimum absolute atomic E-state index is 0.00598. The summed E-state index contributed by atoms with van der Waals surface area (Å²) in [5, 5.41) is 3.66. The van der Waals surface area contributed by atoms with Gasteiger partial charge in [-0.2, -0.15) is 0 Å². The van der Waals surface area contributed by atoms with Crippen molar-refractivity contribution in [3.8, 4) is 11.5 Å². The molecule has 2 aromatic heterocycles. The second-order valence-corrected chi connectivity index (χ2v) is 25.1. The van der Waals surface area contributed by atoms with Crippen molar-refractivity contribution >= 4 is 89.0 Å². The van der Waals surface area contributed by atoms with Gasteiger partial charge in [-0.3, -0.25) is 9.80 Å². The van der Waals surface area contributed by atoms with E-state index in [0.29, 0.717) is 0 Å². The standard InChI is InChI=1S/C61H64BN3OS/c1-57(2,3)39-19-24-42(25-20-39)65-54-45-33-40(58(4,5)6)22-29-51(45)67-55(54)62-48-34-41(59(7,8)9)21-28-49(48)66-50-36-52(63-56(65)53(50)62)64(43-23-18-37-16-14-15-17-38(37)32-43)44-26-27-46-47(35-44)61(12,13)31-30-60(46,10)11/h14-29,32-36H,30-31H2,1-13H3. The Labute approximate surface area is 403 Å². The molecule has 0 saturated heterocycles. The molecule has 0 radical (unpaired) electrons. The number of fused-ring (bicyclic) bond motifs is 8. The van der Waals surface area contributed by atoms with Gasteiger partial charge in [0.1, 0.15) is 23.1 Å². The summed E-state index contributed by atoms with van der Waals surface area (Å²) in [6, 6.07) is 48.2. The van der Waals surface area contributed by atoms with E-state index in [9.17, 15) is 0 Å². The zero-order valence-electron chi connectivity index (χ0n) is 41.8. The van der Waals surface area contributed by atoms with Gasteiger partial charge in [0, 0.05) is 43.5 Å². The number of aromatic nitrogens is 1. The molecule has 6 heteroatoms. The lowest BCUT2D eigenvalue weighted by atomic mass is 9.37. The molecule has 338 valence electrons. The van der Waals surface area contributed by atoms with E-state index in [4.69, 9.17) is 9.72 Å². The number of benzene rings is 6. The molecule has 0 N–H and O–H groups in total. The molecular weight excluding hydrogens is 834 g/mol. The Morgan fingerprint density at radius 2 is 1.21 bits per heavy atom. The van der Waals surface area contributed by atoms with Gasteiger partial charge in [-0.1, -0.05) is 157 Å². The highest BCUT2D eigenvalue weighted by atomic mass is 32.1. The minimum atomic E-state index is -0.0749. The van der Waals surface area contributed by atoms with E-state index in [-0.39, 0.29) is 33.8 Å². The molecule has 4 nitrogen and oxygen atoms in total. The summed E-state index contributed by atoms with van der Waals surface area (Å²) in [6.45, 7) is 30.3. The van der Waals surface area contributed by atoms with E-state index in [2.05, 4.69) is 227 Å². The lowest BCUT2D eigenvalue weighted by Gasteiger charge is -2.42. The van der Waals surface area contributed by atoms with Crippen LogP contribution in [0.1, 0.15) is 131 Å². The normalized spacial score (nSPS) is 16.0. The Kier molecular flexibility index (Phi) is 9.67. The fourth-order valence-corrected chi connectivity index (χ4v) is 12.2. The summed E-state index contributed by atoms with van der Waals surface area (Å²) >= 11 is 1.92. The average molecular weight is 898 g/mol. The third kappa shape index (κ3) is 7.19. The molecule has 6 aromatic carbocycles. The number of hydrogen-bond donors (Lipinski definition) is 0. The van der Waals surface area contributed by atoms with Crippen LogP contribution in [0.3, 0.4) is 0 Å². The molecule has 1 aliphatic carbocycles. The van der Waals surface area contributed by atoms with Crippen LogP contribution in [-0.2, 0) is 27.1 Å². The van der Waals surface area contributed by atoms with Crippen LogP contribution in [0.15, 0.2) is 127 Å². The summed E-state index contributed by atoms with van der Waals surface area (Å²) in [4.78, 5) is 10.9. The highest BCUT2D eigenvalue weighted by molar-refractivity contribution is 7.33. The Morgan fingerprint density at radius 1 is 0.597 bits per heavy atom. The first kappa shape index (κ1) is 43.7. The molecule has 4 heterocycles. The van der Waals surface area contributed by atoms with E-state index in [1.807, 2.05) is 11.3 Å². The van der Waals surface area contributed by atoms with Crippen LogP contribution < -0.4 is 30.2 Å². The molecule has 0 unspecified atom stereocenters. The van der Waals surface area contributed by atoms with Crippen molar-refractivity contribution < 1.29 is 4.74 Å². The second-order valence-electron chi connectivity index (χ2n) is 24.0. The monoisotopic (exact) mass is 897 g/mol. The highest BCUT2D eigenvalue weighted by Crippen LogP contribution is 2.51. The molecule has 0 saturated carbocycles. The molecule has 0 atom stereocenters. The first-order chi connectivity index (χ1) is 31.6. The summed E-state index contributed by atoms with van der Waals surface area (Å²) < 4.78 is 9.89. The van der Waals surface area contributed by atoms with Gasteiger partial charge in [0.25, 0.3) is 6.71 Å². The van der Waals surface area contributed by atoms with Crippen LogP contribution in [0.25, 0.3) is 20.9 Å². The minimum Gasteiger partial charge on any atom is -0.458 e. The van der Waals surface area contributed by atoms with Gasteiger partial charge in [0.15, 0.2) is 0 Å². The third-order valence-corrected chi connectivity index (χ3v) is 16.5. The number of anilines is 6. The second kappa shape index (κ2) is 14.8. The quantitative estimate of drug-likeness (QED) is 0.165. The predicted octanol–water partition coefficient (Wildman–Crippen LogP) is 15.6. The molecule has 3 aliphatic rings. The first-order valence-electron chi connectivity index (χ1n) is 24.4. The molecule has 11 rings (SSSR count). The molecular formula is C61H64BN3OS. The van der Waals surface area contributed by atoms with Crippen LogP contribution in [0, 0.1) is 0 Å². The first-order valence-corrected chi connectivity index (χ1v) is 25.2. The van der Waals surface area contributed by atoms with Crippen LogP contribution in [0.2, 0.25) is 0 Å². The van der Waals surface area contributed by atoms with Crippen LogP contribution in [0.5, 0.6) is 11.5 Å². The number of rotatable bonds is 4. The van der Waals surface area contributed by atoms with Gasteiger partial charge in [-0.05, 0) is 139 Å². The number of nitrogens with zero attached hydrogens (tertiary/aromatic N) is 3. The Bertz CT molecular complexity index is 3300. The fraction of sp³-hybridized carbons (Fsp3) is 0.328. The lowest BCUT2D eigenvalue weighted by molar-refractivity contribution is 0.332. The third-order valence-electron chi connectivity index (χ3n) is 15.2. The lowest BCUT2D eigenvalue weighted by Crippen LogP contribution is -2.59. The van der Waals surface area contributed by atoms with Crippen LogP contribution in [-0.4, -0.2) is 11.7 Å². The number of hydrogen-bond acceptors (Lipinski definition) is 5. The van der Waals surface area contributed by atoms with Crippen molar-refractivity contribution in [3.05, 3.63) is 155 Å². The van der Waals surface area contributed by atoms with Gasteiger partial charge in [0.2, 0.25) is 0 Å². The number of ether oxygens (including phenoxy) is 1. The Balaban J connectivity index is 1.24. The molecule has 8 aromatic rings. The Hall–Kier alpha value is -5.85. The molecule has 2 aliphatic heterocycles. The van der Waals surface area contributed by atoms with Crippen molar-refractivity contribution in [2.45, 2.75) is 130 Å². The topological polar surface area (TPSA) is 28.6 Å². The van der Waals surface area contributed by atoms with E-state index < -0.39 is 0 Å². The number of pyridine rings is 1. The zero-order valence-corrected chi connectivity index (χ0v) is 42.6.